The van der Waals surface area contributed by atoms with Gasteiger partial charge in [-0.25, -0.2) is 0 Å². The second-order valence-electron chi connectivity index (χ2n) is 4.63. The summed E-state index contributed by atoms with van der Waals surface area (Å²) in [5.41, 5.74) is 0.622. The molecule has 2 bridgehead atoms. The lowest BCUT2D eigenvalue weighted by Gasteiger charge is -2.17. The molecule has 80 valence electrons. The third-order valence-corrected chi connectivity index (χ3v) is 3.60. The summed E-state index contributed by atoms with van der Waals surface area (Å²) < 4.78 is 1.69. The first-order valence-corrected chi connectivity index (χ1v) is 5.54. The van der Waals surface area contributed by atoms with Crippen LogP contribution in [0.2, 0.25) is 0 Å². The van der Waals surface area contributed by atoms with E-state index in [-0.39, 0.29) is 11.7 Å². The number of hydrogen-bond donors (Lipinski definition) is 1. The first kappa shape index (κ1) is 9.09. The maximum Gasteiger partial charge on any atom is 0.187 e. The number of carbonyl (C=O) groups is 1. The van der Waals surface area contributed by atoms with Gasteiger partial charge in [0.1, 0.15) is 5.69 Å². The van der Waals surface area contributed by atoms with E-state index in [1.54, 1.807) is 4.68 Å². The van der Waals surface area contributed by atoms with Crippen molar-refractivity contribution in [3.8, 4) is 0 Å². The summed E-state index contributed by atoms with van der Waals surface area (Å²) in [6.07, 6.45) is 5.21. The second kappa shape index (κ2) is 3.17. The Kier molecular flexibility index (Phi) is 1.92. The van der Waals surface area contributed by atoms with Gasteiger partial charge in [-0.05, 0) is 25.3 Å². The number of aromatic nitrogens is 2. The van der Waals surface area contributed by atoms with Gasteiger partial charge in [0.2, 0.25) is 0 Å². The lowest BCUT2D eigenvalue weighted by Crippen LogP contribution is -2.29. The van der Waals surface area contributed by atoms with Crippen molar-refractivity contribution in [3.05, 3.63) is 18.0 Å². The Hall–Kier alpha value is -1.16. The Morgan fingerprint density at radius 1 is 1.60 bits per heavy atom. The molecule has 1 aromatic heterocycles. The molecule has 1 N–H and O–H groups in total. The number of nitrogens with zero attached hydrogens (tertiary/aromatic N) is 2. The van der Waals surface area contributed by atoms with E-state index in [1.807, 2.05) is 19.3 Å². The Balaban J connectivity index is 1.81. The molecule has 2 aliphatic rings. The molecule has 2 fully saturated rings. The Labute approximate surface area is 88.7 Å². The van der Waals surface area contributed by atoms with E-state index >= 15 is 0 Å². The maximum absolute atomic E-state index is 12.1. The topological polar surface area (TPSA) is 46.9 Å². The van der Waals surface area contributed by atoms with E-state index in [9.17, 15) is 4.79 Å². The van der Waals surface area contributed by atoms with Crippen molar-refractivity contribution in [1.82, 2.24) is 15.1 Å². The van der Waals surface area contributed by atoms with Gasteiger partial charge in [0.15, 0.2) is 5.78 Å². The van der Waals surface area contributed by atoms with E-state index in [2.05, 4.69) is 10.4 Å². The number of hydrogen-bond acceptors (Lipinski definition) is 3. The fourth-order valence-electron chi connectivity index (χ4n) is 2.85. The molecule has 0 saturated carbocycles. The molecule has 3 rings (SSSR count). The van der Waals surface area contributed by atoms with Crippen molar-refractivity contribution in [1.29, 1.82) is 0 Å². The van der Waals surface area contributed by atoms with E-state index < -0.39 is 0 Å². The molecule has 3 heterocycles. The average molecular weight is 205 g/mol. The minimum Gasteiger partial charge on any atom is -0.310 e. The summed E-state index contributed by atoms with van der Waals surface area (Å²) in [7, 11) is 1.84. The van der Waals surface area contributed by atoms with Crippen molar-refractivity contribution < 1.29 is 4.79 Å². The van der Waals surface area contributed by atoms with Crippen molar-refractivity contribution in [2.45, 2.75) is 31.3 Å². The van der Waals surface area contributed by atoms with Crippen LogP contribution in [0.3, 0.4) is 0 Å². The number of fused-ring (bicyclic) bond motifs is 2. The Bertz CT molecular complexity index is 398. The largest absolute Gasteiger partial charge is 0.310 e. The van der Waals surface area contributed by atoms with Crippen LogP contribution >= 0.6 is 0 Å². The number of carbonyl (C=O) groups excluding carboxylic acids is 1. The number of aryl methyl sites for hydroxylation is 1. The Morgan fingerprint density at radius 3 is 3.00 bits per heavy atom. The molecule has 15 heavy (non-hydrogen) atoms. The van der Waals surface area contributed by atoms with Gasteiger partial charge in [0, 0.05) is 31.2 Å². The zero-order valence-electron chi connectivity index (χ0n) is 8.81. The van der Waals surface area contributed by atoms with Crippen LogP contribution in [0.5, 0.6) is 0 Å². The average Bonchev–Trinajstić information content (AvgIpc) is 2.90. The molecular formula is C11H15N3O. The van der Waals surface area contributed by atoms with Crippen LogP contribution in [0, 0.1) is 5.92 Å². The van der Waals surface area contributed by atoms with Gasteiger partial charge >= 0.3 is 0 Å². The highest BCUT2D eigenvalue weighted by atomic mass is 16.1. The highest BCUT2D eigenvalue weighted by Gasteiger charge is 2.43. The summed E-state index contributed by atoms with van der Waals surface area (Å²) in [6, 6.07) is 2.80. The SMILES string of the molecule is Cn1ccc(C(=O)C2CC3CCC2N3)n1. The molecule has 0 amide bonds. The molecule has 3 atom stereocenters. The van der Waals surface area contributed by atoms with Gasteiger partial charge in [0.05, 0.1) is 0 Å². The van der Waals surface area contributed by atoms with Gasteiger partial charge in [0.25, 0.3) is 0 Å². The van der Waals surface area contributed by atoms with Crippen LogP contribution in [0.1, 0.15) is 29.8 Å². The van der Waals surface area contributed by atoms with Crippen LogP contribution in [0.4, 0.5) is 0 Å². The summed E-state index contributed by atoms with van der Waals surface area (Å²) >= 11 is 0. The highest BCUT2D eigenvalue weighted by Crippen LogP contribution is 2.34. The van der Waals surface area contributed by atoms with Crippen LogP contribution in [-0.2, 0) is 7.05 Å². The van der Waals surface area contributed by atoms with E-state index in [1.165, 1.54) is 6.42 Å². The van der Waals surface area contributed by atoms with Crippen molar-refractivity contribution in [2.24, 2.45) is 13.0 Å². The van der Waals surface area contributed by atoms with E-state index in [4.69, 9.17) is 0 Å². The Morgan fingerprint density at radius 2 is 2.47 bits per heavy atom. The molecule has 4 heteroatoms. The van der Waals surface area contributed by atoms with Gasteiger partial charge in [-0.1, -0.05) is 0 Å². The van der Waals surface area contributed by atoms with Crippen LogP contribution in [0.15, 0.2) is 12.3 Å². The molecular weight excluding hydrogens is 190 g/mol. The number of nitrogens with one attached hydrogen (secondary N) is 1. The normalized spacial score (nSPS) is 33.5. The lowest BCUT2D eigenvalue weighted by molar-refractivity contribution is 0.0895. The number of ketones is 1. The van der Waals surface area contributed by atoms with E-state index in [0.29, 0.717) is 17.8 Å². The summed E-state index contributed by atoms with van der Waals surface area (Å²) in [5, 5.41) is 7.66. The van der Waals surface area contributed by atoms with Crippen LogP contribution in [0.25, 0.3) is 0 Å². The fraction of sp³-hybridized carbons (Fsp3) is 0.636. The fourth-order valence-corrected chi connectivity index (χ4v) is 2.85. The summed E-state index contributed by atoms with van der Waals surface area (Å²) in [6.45, 7) is 0. The maximum atomic E-state index is 12.1. The molecule has 0 aromatic carbocycles. The van der Waals surface area contributed by atoms with Gasteiger partial charge in [-0.15, -0.1) is 0 Å². The molecule has 0 aliphatic carbocycles. The summed E-state index contributed by atoms with van der Waals surface area (Å²) in [4.78, 5) is 12.1. The second-order valence-corrected chi connectivity index (χ2v) is 4.63. The molecule has 1 aromatic rings. The standard InChI is InChI=1S/C11H15N3O/c1-14-5-4-10(13-14)11(15)8-6-7-2-3-9(8)12-7/h4-5,7-9,12H,2-3,6H2,1H3. The zero-order chi connectivity index (χ0) is 10.4. The minimum absolute atomic E-state index is 0.165. The number of Topliss-reactive ketones (excluding diaryl/α,β-unsaturated/α-hetero) is 1. The zero-order valence-corrected chi connectivity index (χ0v) is 8.81. The molecule has 2 aliphatic heterocycles. The van der Waals surface area contributed by atoms with Crippen molar-refractivity contribution in [3.63, 3.8) is 0 Å². The van der Waals surface area contributed by atoms with Crippen molar-refractivity contribution >= 4 is 5.78 Å². The molecule has 0 radical (unpaired) electrons. The quantitative estimate of drug-likeness (QED) is 0.724. The van der Waals surface area contributed by atoms with Crippen LogP contribution in [-0.4, -0.2) is 27.6 Å². The highest BCUT2D eigenvalue weighted by molar-refractivity contribution is 5.96. The van der Waals surface area contributed by atoms with Crippen molar-refractivity contribution in [2.75, 3.05) is 0 Å². The first-order chi connectivity index (χ1) is 7.24. The molecule has 3 unspecified atom stereocenters. The third kappa shape index (κ3) is 1.40. The van der Waals surface area contributed by atoms with Gasteiger partial charge < -0.3 is 5.32 Å². The van der Waals surface area contributed by atoms with Crippen LogP contribution < -0.4 is 5.32 Å². The predicted octanol–water partition coefficient (Wildman–Crippen LogP) is 0.743. The monoisotopic (exact) mass is 205 g/mol. The smallest absolute Gasteiger partial charge is 0.187 e. The first-order valence-electron chi connectivity index (χ1n) is 5.54. The molecule has 2 saturated heterocycles. The molecule has 0 spiro atoms. The molecule has 4 nitrogen and oxygen atoms in total. The van der Waals surface area contributed by atoms with Gasteiger partial charge in [-0.3, -0.25) is 9.48 Å². The van der Waals surface area contributed by atoms with E-state index in [0.717, 1.165) is 12.8 Å². The predicted molar refractivity (Wildman–Crippen MR) is 55.6 cm³/mol. The number of rotatable bonds is 2. The van der Waals surface area contributed by atoms with Gasteiger partial charge in [-0.2, -0.15) is 5.10 Å². The summed E-state index contributed by atoms with van der Waals surface area (Å²) in [5.74, 6) is 0.383. The third-order valence-electron chi connectivity index (χ3n) is 3.60. The lowest BCUT2D eigenvalue weighted by atomic mass is 9.85. The minimum atomic E-state index is 0.165.